The van der Waals surface area contributed by atoms with Gasteiger partial charge >= 0.3 is 0 Å². The number of hydroxylamine groups is 1. The Morgan fingerprint density at radius 1 is 1.38 bits per heavy atom. The lowest BCUT2D eigenvalue weighted by Crippen LogP contribution is -2.26. The van der Waals surface area contributed by atoms with Gasteiger partial charge in [0.15, 0.2) is 5.82 Å². The molecule has 0 aromatic heterocycles. The maximum atomic E-state index is 13.3. The van der Waals surface area contributed by atoms with Gasteiger partial charge in [-0.15, -0.1) is 0 Å². The topological polar surface area (TPSA) is 46.6 Å². The van der Waals surface area contributed by atoms with E-state index in [9.17, 15) is 12.8 Å². The molecule has 4 nitrogen and oxygen atoms in total. The molecule has 0 aliphatic carbocycles. The van der Waals surface area contributed by atoms with E-state index in [0.29, 0.717) is 4.47 Å². The summed E-state index contributed by atoms with van der Waals surface area (Å²) in [4.78, 5) is 4.12. The van der Waals surface area contributed by atoms with Crippen molar-refractivity contribution in [1.82, 2.24) is 4.47 Å². The number of rotatable bonds is 3. The van der Waals surface area contributed by atoms with Gasteiger partial charge in [-0.2, -0.15) is 0 Å². The van der Waals surface area contributed by atoms with Gasteiger partial charge in [-0.1, -0.05) is 27.7 Å². The third-order valence-corrected chi connectivity index (χ3v) is 4.37. The molecular weight excluding hydrogens is 280 g/mol. The lowest BCUT2D eigenvalue weighted by molar-refractivity contribution is -0.0258. The molecule has 0 aliphatic heterocycles. The third-order valence-electron chi connectivity index (χ3n) is 1.87. The van der Waals surface area contributed by atoms with Crippen molar-refractivity contribution in [2.75, 3.05) is 14.2 Å². The lowest BCUT2D eigenvalue weighted by Gasteiger charge is -2.15. The molecule has 1 aromatic carbocycles. The van der Waals surface area contributed by atoms with Gasteiger partial charge in [-0.05, 0) is 12.1 Å². The molecule has 0 fully saturated rings. The maximum Gasteiger partial charge on any atom is 0.266 e. The van der Waals surface area contributed by atoms with Crippen molar-refractivity contribution in [2.24, 2.45) is 0 Å². The Labute approximate surface area is 103 Å². The minimum atomic E-state index is -3.98. The quantitative estimate of drug-likeness (QED) is 0.633. The van der Waals surface area contributed by atoms with Crippen LogP contribution in [0.5, 0.6) is 0 Å². The van der Waals surface area contributed by atoms with Crippen LogP contribution in [-0.4, -0.2) is 27.0 Å². The first kappa shape index (κ1) is 13.7. The van der Waals surface area contributed by atoms with Crippen molar-refractivity contribution in [3.8, 4) is 0 Å². The van der Waals surface area contributed by atoms with Gasteiger partial charge in [0.25, 0.3) is 10.0 Å². The highest BCUT2D eigenvalue weighted by Crippen LogP contribution is 2.30. The van der Waals surface area contributed by atoms with E-state index >= 15 is 0 Å². The zero-order chi connectivity index (χ0) is 12.5. The van der Waals surface area contributed by atoms with Gasteiger partial charge in [-0.25, -0.2) is 12.8 Å². The Hall–Kier alpha value is -0.400. The molecule has 16 heavy (non-hydrogen) atoms. The molecule has 1 aromatic rings. The Morgan fingerprint density at radius 2 is 1.94 bits per heavy atom. The molecule has 0 radical (unpaired) electrons. The maximum absolute atomic E-state index is 13.3. The molecule has 0 spiro atoms. The summed E-state index contributed by atoms with van der Waals surface area (Å²) >= 11 is 11.0. The highest BCUT2D eigenvalue weighted by Gasteiger charge is 2.26. The summed E-state index contributed by atoms with van der Waals surface area (Å²) in [5.41, 5.74) is 0. The molecule has 0 amide bonds. The summed E-state index contributed by atoms with van der Waals surface area (Å²) in [5.74, 6) is -0.978. The van der Waals surface area contributed by atoms with Gasteiger partial charge in [0, 0.05) is 7.05 Å². The highest BCUT2D eigenvalue weighted by atomic mass is 35.5. The van der Waals surface area contributed by atoms with Crippen LogP contribution in [0.25, 0.3) is 0 Å². The van der Waals surface area contributed by atoms with E-state index in [1.807, 2.05) is 0 Å². The number of benzene rings is 1. The molecule has 0 saturated carbocycles. The van der Waals surface area contributed by atoms with Gasteiger partial charge in [-0.3, -0.25) is 4.84 Å². The second-order valence-corrected chi connectivity index (χ2v) is 5.46. The van der Waals surface area contributed by atoms with Crippen LogP contribution in [0.15, 0.2) is 17.0 Å². The van der Waals surface area contributed by atoms with Crippen LogP contribution in [0, 0.1) is 5.82 Å². The summed E-state index contributed by atoms with van der Waals surface area (Å²) in [5, 5.41) is -0.805. The summed E-state index contributed by atoms with van der Waals surface area (Å²) < 4.78 is 37.4. The van der Waals surface area contributed by atoms with Crippen molar-refractivity contribution in [1.29, 1.82) is 0 Å². The summed E-state index contributed by atoms with van der Waals surface area (Å²) in [6.07, 6.45) is 0. The Balaban J connectivity index is 3.41. The number of nitrogens with zero attached hydrogens (tertiary/aromatic N) is 1. The van der Waals surface area contributed by atoms with E-state index in [0.717, 1.165) is 26.3 Å². The van der Waals surface area contributed by atoms with Crippen molar-refractivity contribution < 1.29 is 17.6 Å². The number of hydrogen-bond donors (Lipinski definition) is 0. The number of hydrogen-bond acceptors (Lipinski definition) is 3. The second-order valence-electron chi connectivity index (χ2n) is 2.77. The van der Waals surface area contributed by atoms with Crippen LogP contribution in [0.3, 0.4) is 0 Å². The first-order chi connectivity index (χ1) is 7.32. The van der Waals surface area contributed by atoms with Crippen LogP contribution >= 0.6 is 23.2 Å². The van der Waals surface area contributed by atoms with Crippen molar-refractivity contribution in [3.63, 3.8) is 0 Å². The fourth-order valence-electron chi connectivity index (χ4n) is 0.944. The smallest absolute Gasteiger partial charge is 0.266 e. The fourth-order valence-corrected chi connectivity index (χ4v) is 2.64. The zero-order valence-corrected chi connectivity index (χ0v) is 10.7. The average molecular weight is 288 g/mol. The molecule has 0 atom stereocenters. The SMILES string of the molecule is CON(C)S(=O)(=O)c1ccc(Cl)c(F)c1Cl. The average Bonchev–Trinajstić information content (AvgIpc) is 2.24. The van der Waals surface area contributed by atoms with Crippen LogP contribution in [0.1, 0.15) is 0 Å². The first-order valence-electron chi connectivity index (χ1n) is 3.99. The van der Waals surface area contributed by atoms with Crippen LogP contribution in [0.4, 0.5) is 4.39 Å². The van der Waals surface area contributed by atoms with Crippen LogP contribution in [0.2, 0.25) is 10.0 Å². The molecule has 0 unspecified atom stereocenters. The van der Waals surface area contributed by atoms with Gasteiger partial charge in [0.05, 0.1) is 17.2 Å². The predicted octanol–water partition coefficient (Wildman–Crippen LogP) is 2.31. The molecule has 0 heterocycles. The summed E-state index contributed by atoms with van der Waals surface area (Å²) in [6, 6.07) is 2.22. The van der Waals surface area contributed by atoms with E-state index in [-0.39, 0.29) is 5.02 Å². The number of sulfonamides is 1. The summed E-state index contributed by atoms with van der Waals surface area (Å²) in [7, 11) is -1.65. The van der Waals surface area contributed by atoms with Crippen molar-refractivity contribution in [3.05, 3.63) is 28.0 Å². The third kappa shape index (κ3) is 2.31. The molecule has 90 valence electrons. The standard InChI is InChI=1S/C8H8Cl2FNO3S/c1-12(15-2)16(13,14)6-4-3-5(9)8(11)7(6)10/h3-4H,1-2H3. The van der Waals surface area contributed by atoms with E-state index in [4.69, 9.17) is 23.2 Å². The second kappa shape index (κ2) is 4.85. The Morgan fingerprint density at radius 3 is 2.44 bits per heavy atom. The molecule has 1 rings (SSSR count). The van der Waals surface area contributed by atoms with E-state index in [1.165, 1.54) is 0 Å². The minimum absolute atomic E-state index is 0.246. The Bertz CT molecular complexity index is 506. The van der Waals surface area contributed by atoms with E-state index in [1.54, 1.807) is 0 Å². The van der Waals surface area contributed by atoms with Crippen molar-refractivity contribution in [2.45, 2.75) is 4.90 Å². The monoisotopic (exact) mass is 287 g/mol. The molecule has 0 saturated heterocycles. The van der Waals surface area contributed by atoms with E-state index in [2.05, 4.69) is 4.84 Å². The number of halogens is 3. The largest absolute Gasteiger partial charge is 0.288 e. The summed E-state index contributed by atoms with van der Waals surface area (Å²) in [6.45, 7) is 0. The molecule has 0 N–H and O–H groups in total. The molecule has 8 heteroatoms. The molecule has 0 bridgehead atoms. The fraction of sp³-hybridized carbons (Fsp3) is 0.250. The zero-order valence-electron chi connectivity index (χ0n) is 8.37. The van der Waals surface area contributed by atoms with E-state index < -0.39 is 25.8 Å². The van der Waals surface area contributed by atoms with Gasteiger partial charge in [0.1, 0.15) is 4.90 Å². The lowest BCUT2D eigenvalue weighted by atomic mass is 10.3. The predicted molar refractivity (Wildman–Crippen MR) is 58.4 cm³/mol. The normalized spacial score (nSPS) is 12.1. The van der Waals surface area contributed by atoms with Crippen LogP contribution in [-0.2, 0) is 14.9 Å². The highest BCUT2D eigenvalue weighted by molar-refractivity contribution is 7.89. The Kier molecular flexibility index (Phi) is 4.14. The molecular formula is C8H8Cl2FNO3S. The van der Waals surface area contributed by atoms with Gasteiger partial charge < -0.3 is 0 Å². The molecule has 0 aliphatic rings. The van der Waals surface area contributed by atoms with Crippen LogP contribution < -0.4 is 0 Å². The van der Waals surface area contributed by atoms with Crippen molar-refractivity contribution >= 4 is 33.2 Å². The minimum Gasteiger partial charge on any atom is -0.288 e. The first-order valence-corrected chi connectivity index (χ1v) is 6.18. The van der Waals surface area contributed by atoms with Gasteiger partial charge in [0.2, 0.25) is 0 Å².